The minimum absolute atomic E-state index is 0.191. The fraction of sp³-hybridized carbons (Fsp3) is 0.308. The van der Waals surface area contributed by atoms with E-state index in [9.17, 15) is 4.39 Å². The van der Waals surface area contributed by atoms with Crippen LogP contribution in [-0.2, 0) is 6.54 Å². The second kappa shape index (κ2) is 5.89. The topological polar surface area (TPSA) is 24.9 Å². The monoisotopic (exact) mass is 250 g/mol. The van der Waals surface area contributed by atoms with E-state index in [2.05, 4.69) is 17.2 Å². The van der Waals surface area contributed by atoms with Crippen molar-refractivity contribution in [2.45, 2.75) is 25.9 Å². The molecule has 0 fully saturated rings. The molecule has 0 aliphatic rings. The minimum atomic E-state index is -0.191. The first-order valence-electron chi connectivity index (χ1n) is 5.67. The van der Waals surface area contributed by atoms with E-state index < -0.39 is 0 Å². The van der Waals surface area contributed by atoms with E-state index >= 15 is 0 Å². The zero-order valence-corrected chi connectivity index (χ0v) is 10.5. The Labute approximate surface area is 105 Å². The Morgan fingerprint density at radius 1 is 1.35 bits per heavy atom. The summed E-state index contributed by atoms with van der Waals surface area (Å²) < 4.78 is 12.8. The number of nitrogens with zero attached hydrogens (tertiary/aromatic N) is 1. The molecule has 0 aliphatic heterocycles. The van der Waals surface area contributed by atoms with Crippen LogP contribution in [0.4, 0.5) is 4.39 Å². The summed E-state index contributed by atoms with van der Waals surface area (Å²) in [6, 6.07) is 6.92. The van der Waals surface area contributed by atoms with Gasteiger partial charge in [-0.15, -0.1) is 11.3 Å². The zero-order valence-electron chi connectivity index (χ0n) is 9.69. The molecule has 0 spiro atoms. The average Bonchev–Trinajstić information content (AvgIpc) is 2.85. The Hall–Kier alpha value is -1.26. The van der Waals surface area contributed by atoms with Crippen molar-refractivity contribution in [2.75, 3.05) is 0 Å². The molecule has 0 saturated carbocycles. The molecule has 1 atom stereocenters. The lowest BCUT2D eigenvalue weighted by Crippen LogP contribution is -2.20. The predicted molar refractivity (Wildman–Crippen MR) is 68.4 cm³/mol. The number of nitrogens with one attached hydrogen (secondary N) is 1. The Kier molecular flexibility index (Phi) is 4.23. The lowest BCUT2D eigenvalue weighted by Gasteiger charge is -2.16. The standard InChI is InChI=1S/C13H15FN2S/c1-2-12(10-3-5-11(14)6-4-10)16-9-13-15-7-8-17-13/h3-8,12,16H,2,9H2,1H3. The Morgan fingerprint density at radius 3 is 2.71 bits per heavy atom. The minimum Gasteiger partial charge on any atom is -0.304 e. The highest BCUT2D eigenvalue weighted by Crippen LogP contribution is 2.18. The Bertz CT molecular complexity index is 439. The summed E-state index contributed by atoms with van der Waals surface area (Å²) in [7, 11) is 0. The summed E-state index contributed by atoms with van der Waals surface area (Å²) >= 11 is 1.64. The summed E-state index contributed by atoms with van der Waals surface area (Å²) in [6.45, 7) is 2.87. The molecular weight excluding hydrogens is 235 g/mol. The van der Waals surface area contributed by atoms with E-state index in [1.54, 1.807) is 17.5 Å². The third-order valence-electron chi connectivity index (χ3n) is 2.66. The number of hydrogen-bond acceptors (Lipinski definition) is 3. The van der Waals surface area contributed by atoms with Gasteiger partial charge in [0.2, 0.25) is 0 Å². The van der Waals surface area contributed by atoms with Crippen LogP contribution >= 0.6 is 11.3 Å². The van der Waals surface area contributed by atoms with E-state index in [1.165, 1.54) is 12.1 Å². The summed E-state index contributed by atoms with van der Waals surface area (Å²) in [6.07, 6.45) is 2.78. The number of benzene rings is 1. The largest absolute Gasteiger partial charge is 0.304 e. The third-order valence-corrected chi connectivity index (χ3v) is 3.44. The molecule has 0 bridgehead atoms. The van der Waals surface area contributed by atoms with E-state index in [0.717, 1.165) is 23.5 Å². The third kappa shape index (κ3) is 3.35. The maximum atomic E-state index is 12.8. The van der Waals surface area contributed by atoms with Gasteiger partial charge in [0.15, 0.2) is 0 Å². The molecule has 2 aromatic rings. The van der Waals surface area contributed by atoms with Gasteiger partial charge in [-0.3, -0.25) is 0 Å². The second-order valence-electron chi connectivity index (χ2n) is 3.82. The van der Waals surface area contributed by atoms with Crippen molar-refractivity contribution < 1.29 is 4.39 Å². The highest BCUT2D eigenvalue weighted by atomic mass is 32.1. The molecule has 2 rings (SSSR count). The molecule has 0 aliphatic carbocycles. The summed E-state index contributed by atoms with van der Waals surface area (Å²) in [4.78, 5) is 4.23. The van der Waals surface area contributed by atoms with Crippen molar-refractivity contribution in [1.29, 1.82) is 0 Å². The number of rotatable bonds is 5. The van der Waals surface area contributed by atoms with Crippen LogP contribution in [0.3, 0.4) is 0 Å². The smallest absolute Gasteiger partial charge is 0.123 e. The number of thiazole rings is 1. The lowest BCUT2D eigenvalue weighted by molar-refractivity contribution is 0.516. The molecule has 1 N–H and O–H groups in total. The van der Waals surface area contributed by atoms with Crippen LogP contribution in [-0.4, -0.2) is 4.98 Å². The van der Waals surface area contributed by atoms with Gasteiger partial charge in [-0.05, 0) is 24.1 Å². The van der Waals surface area contributed by atoms with Crippen molar-refractivity contribution in [3.63, 3.8) is 0 Å². The van der Waals surface area contributed by atoms with Gasteiger partial charge in [0.05, 0.1) is 0 Å². The highest BCUT2D eigenvalue weighted by Gasteiger charge is 2.09. The average molecular weight is 250 g/mol. The van der Waals surface area contributed by atoms with Crippen molar-refractivity contribution in [3.05, 3.63) is 52.2 Å². The maximum Gasteiger partial charge on any atom is 0.123 e. The van der Waals surface area contributed by atoms with Gasteiger partial charge >= 0.3 is 0 Å². The first-order chi connectivity index (χ1) is 8.29. The van der Waals surface area contributed by atoms with Gasteiger partial charge in [-0.25, -0.2) is 9.37 Å². The molecular formula is C13H15FN2S. The van der Waals surface area contributed by atoms with Crippen LogP contribution in [0.2, 0.25) is 0 Å². The summed E-state index contributed by atoms with van der Waals surface area (Å²) in [5.74, 6) is -0.191. The number of halogens is 1. The maximum absolute atomic E-state index is 12.8. The van der Waals surface area contributed by atoms with Crippen LogP contribution in [0.5, 0.6) is 0 Å². The van der Waals surface area contributed by atoms with Crippen LogP contribution in [0.25, 0.3) is 0 Å². The van der Waals surface area contributed by atoms with Crippen molar-refractivity contribution in [3.8, 4) is 0 Å². The lowest BCUT2D eigenvalue weighted by atomic mass is 10.0. The van der Waals surface area contributed by atoms with Crippen molar-refractivity contribution in [1.82, 2.24) is 10.3 Å². The predicted octanol–water partition coefficient (Wildman–Crippen LogP) is 3.52. The molecule has 0 radical (unpaired) electrons. The molecule has 1 aromatic heterocycles. The molecule has 1 aromatic carbocycles. The Morgan fingerprint density at radius 2 is 2.12 bits per heavy atom. The van der Waals surface area contributed by atoms with Crippen molar-refractivity contribution in [2.24, 2.45) is 0 Å². The fourth-order valence-corrected chi connectivity index (χ4v) is 2.31. The van der Waals surface area contributed by atoms with Crippen LogP contribution < -0.4 is 5.32 Å². The van der Waals surface area contributed by atoms with E-state index in [-0.39, 0.29) is 11.9 Å². The second-order valence-corrected chi connectivity index (χ2v) is 4.80. The van der Waals surface area contributed by atoms with Gasteiger partial charge in [0.1, 0.15) is 10.8 Å². The summed E-state index contributed by atoms with van der Waals surface area (Å²) in [5.41, 5.74) is 1.12. The van der Waals surface area contributed by atoms with E-state index in [4.69, 9.17) is 0 Å². The van der Waals surface area contributed by atoms with Gasteiger partial charge in [0, 0.05) is 24.2 Å². The number of hydrogen-bond donors (Lipinski definition) is 1. The van der Waals surface area contributed by atoms with Crippen LogP contribution in [0, 0.1) is 5.82 Å². The van der Waals surface area contributed by atoms with Crippen molar-refractivity contribution >= 4 is 11.3 Å². The first kappa shape index (κ1) is 12.2. The normalized spacial score (nSPS) is 12.6. The molecule has 0 amide bonds. The molecule has 2 nitrogen and oxygen atoms in total. The molecule has 1 unspecified atom stereocenters. The zero-order chi connectivity index (χ0) is 12.1. The van der Waals surface area contributed by atoms with Gasteiger partial charge in [-0.1, -0.05) is 19.1 Å². The SMILES string of the molecule is CCC(NCc1nccs1)c1ccc(F)cc1. The molecule has 1 heterocycles. The van der Waals surface area contributed by atoms with E-state index in [1.807, 2.05) is 17.5 Å². The molecule has 90 valence electrons. The quantitative estimate of drug-likeness (QED) is 0.878. The molecule has 4 heteroatoms. The first-order valence-corrected chi connectivity index (χ1v) is 6.54. The molecule has 0 saturated heterocycles. The van der Waals surface area contributed by atoms with E-state index in [0.29, 0.717) is 0 Å². The highest BCUT2D eigenvalue weighted by molar-refractivity contribution is 7.09. The summed E-state index contributed by atoms with van der Waals surface area (Å²) in [5, 5.41) is 6.48. The van der Waals surface area contributed by atoms with Crippen LogP contribution in [0.1, 0.15) is 30.0 Å². The van der Waals surface area contributed by atoms with Crippen LogP contribution in [0.15, 0.2) is 35.8 Å². The van der Waals surface area contributed by atoms with Gasteiger partial charge in [0.25, 0.3) is 0 Å². The van der Waals surface area contributed by atoms with Gasteiger partial charge in [-0.2, -0.15) is 0 Å². The number of aromatic nitrogens is 1. The Balaban J connectivity index is 1.99. The fourth-order valence-electron chi connectivity index (χ4n) is 1.74. The molecule has 17 heavy (non-hydrogen) atoms. The van der Waals surface area contributed by atoms with Gasteiger partial charge < -0.3 is 5.32 Å².